The molecule has 2 unspecified atom stereocenters. The number of hydrogen-bond acceptors (Lipinski definition) is 7. The molecule has 0 aromatic heterocycles. The van der Waals surface area contributed by atoms with Gasteiger partial charge in [0.1, 0.15) is 12.7 Å². The second kappa shape index (κ2) is 43.3. The van der Waals surface area contributed by atoms with Crippen LogP contribution in [-0.4, -0.2) is 54.3 Å². The molecule has 10 heteroatoms. The van der Waals surface area contributed by atoms with Crippen molar-refractivity contribution in [2.75, 3.05) is 26.4 Å². The molecule has 0 aliphatic rings. The summed E-state index contributed by atoms with van der Waals surface area (Å²) in [5, 5.41) is 12.7. The molecule has 0 fully saturated rings. The van der Waals surface area contributed by atoms with Gasteiger partial charge in [-0.15, -0.1) is 0 Å². The lowest BCUT2D eigenvalue weighted by molar-refractivity contribution is -0.147. The Kier molecular flexibility index (Phi) is 42.4. The summed E-state index contributed by atoms with van der Waals surface area (Å²) in [4.78, 5) is 33.9. The largest absolute Gasteiger partial charge is 0.472 e. The zero-order valence-corrected chi connectivity index (χ0v) is 37.5. The summed E-state index contributed by atoms with van der Waals surface area (Å²) in [5.74, 6) is -0.516. The van der Waals surface area contributed by atoms with Crippen molar-refractivity contribution in [2.24, 2.45) is 0 Å². The average molecular weight is 816 g/mol. The number of esters is 1. The third-order valence-electron chi connectivity index (χ3n) is 10.4. The molecule has 0 aliphatic carbocycles. The van der Waals surface area contributed by atoms with E-state index in [2.05, 4.69) is 31.3 Å². The first kappa shape index (κ1) is 54.8. The van der Waals surface area contributed by atoms with Crippen LogP contribution in [0, 0.1) is 0 Å². The molecular weight excluding hydrogens is 725 g/mol. The van der Waals surface area contributed by atoms with Crippen molar-refractivity contribution in [2.45, 2.75) is 245 Å². The smallest absolute Gasteiger partial charge is 0.463 e. The number of rotatable bonds is 45. The monoisotopic (exact) mass is 816 g/mol. The van der Waals surface area contributed by atoms with Gasteiger partial charge in [0.05, 0.1) is 13.2 Å². The van der Waals surface area contributed by atoms with E-state index in [0.717, 1.165) is 51.4 Å². The quantitative estimate of drug-likeness (QED) is 0.0240. The summed E-state index contributed by atoms with van der Waals surface area (Å²) in [7, 11) is -4.41. The first-order valence-electron chi connectivity index (χ1n) is 23.7. The molecule has 56 heavy (non-hydrogen) atoms. The zero-order chi connectivity index (χ0) is 41.1. The van der Waals surface area contributed by atoms with Crippen LogP contribution in [0.3, 0.4) is 0 Å². The minimum Gasteiger partial charge on any atom is -0.463 e. The number of phosphoric ester groups is 1. The maximum Gasteiger partial charge on any atom is 0.472 e. The van der Waals surface area contributed by atoms with Crippen molar-refractivity contribution in [1.29, 1.82) is 0 Å². The zero-order valence-electron chi connectivity index (χ0n) is 36.6. The maximum absolute atomic E-state index is 12.1. The van der Waals surface area contributed by atoms with Crippen molar-refractivity contribution in [3.05, 3.63) is 12.2 Å². The number of carbonyl (C=O) groups excluding carboxylic acids is 2. The highest BCUT2D eigenvalue weighted by Crippen LogP contribution is 2.42. The van der Waals surface area contributed by atoms with Gasteiger partial charge in [0.2, 0.25) is 5.91 Å². The molecule has 0 heterocycles. The van der Waals surface area contributed by atoms with Crippen LogP contribution in [-0.2, 0) is 27.9 Å². The number of phosphoric acid groups is 1. The van der Waals surface area contributed by atoms with Crippen LogP contribution in [0.5, 0.6) is 0 Å². The molecule has 2 atom stereocenters. The minimum atomic E-state index is -4.41. The minimum absolute atomic E-state index is 0.0804. The lowest BCUT2D eigenvalue weighted by Gasteiger charge is -2.15. The van der Waals surface area contributed by atoms with Crippen molar-refractivity contribution in [3.8, 4) is 0 Å². The number of nitrogens with one attached hydrogen (secondary N) is 1. The highest BCUT2D eigenvalue weighted by molar-refractivity contribution is 7.47. The summed E-state index contributed by atoms with van der Waals surface area (Å²) in [6.45, 7) is 3.56. The normalized spacial score (nSPS) is 13.3. The van der Waals surface area contributed by atoms with Crippen LogP contribution in [0.1, 0.15) is 239 Å². The molecule has 0 radical (unpaired) electrons. The fourth-order valence-electron chi connectivity index (χ4n) is 6.85. The molecule has 0 bridgehead atoms. The Morgan fingerprint density at radius 1 is 0.536 bits per heavy atom. The standard InChI is InChI=1S/C46H90NO8P/c1-3-5-7-9-11-13-15-17-18-19-20-21-22-23-24-25-26-27-29-31-33-35-37-39-46(50)53-42-44(48)43-55-56(51,52)54-41-40-47-45(49)38-36-34-32-30-28-16-14-12-10-8-6-4-2/h12,14,44,48H,3-11,13,15-43H2,1-2H3,(H,47,49)(H,51,52)/b14-12-. The van der Waals surface area contributed by atoms with E-state index in [1.165, 1.54) is 161 Å². The van der Waals surface area contributed by atoms with Crippen molar-refractivity contribution in [1.82, 2.24) is 5.32 Å². The highest BCUT2D eigenvalue weighted by atomic mass is 31.2. The van der Waals surface area contributed by atoms with E-state index in [0.29, 0.717) is 6.42 Å². The number of amides is 1. The molecule has 0 rings (SSSR count). The van der Waals surface area contributed by atoms with Gasteiger partial charge in [-0.2, -0.15) is 0 Å². The number of hydrogen-bond donors (Lipinski definition) is 3. The molecule has 0 spiro atoms. The highest BCUT2D eigenvalue weighted by Gasteiger charge is 2.23. The maximum atomic E-state index is 12.1. The molecule has 0 saturated carbocycles. The van der Waals surface area contributed by atoms with E-state index < -0.39 is 26.5 Å². The first-order valence-corrected chi connectivity index (χ1v) is 25.2. The molecule has 0 aromatic carbocycles. The van der Waals surface area contributed by atoms with Crippen LogP contribution in [0.2, 0.25) is 0 Å². The second-order valence-corrected chi connectivity index (χ2v) is 17.5. The van der Waals surface area contributed by atoms with E-state index in [4.69, 9.17) is 13.8 Å². The molecule has 1 amide bonds. The van der Waals surface area contributed by atoms with E-state index in [9.17, 15) is 24.2 Å². The number of ether oxygens (including phenoxy) is 1. The van der Waals surface area contributed by atoms with Gasteiger partial charge in [0, 0.05) is 19.4 Å². The molecule has 0 aliphatic heterocycles. The predicted molar refractivity (Wildman–Crippen MR) is 234 cm³/mol. The van der Waals surface area contributed by atoms with Gasteiger partial charge >= 0.3 is 13.8 Å². The molecule has 9 nitrogen and oxygen atoms in total. The van der Waals surface area contributed by atoms with E-state index in [1.807, 2.05) is 0 Å². The summed E-state index contributed by atoms with van der Waals surface area (Å²) >= 11 is 0. The van der Waals surface area contributed by atoms with Crippen LogP contribution >= 0.6 is 7.82 Å². The Morgan fingerprint density at radius 2 is 0.911 bits per heavy atom. The number of unbranched alkanes of at least 4 members (excludes halogenated alkanes) is 30. The summed E-state index contributed by atoms with van der Waals surface area (Å²) in [6.07, 6.45) is 45.8. The van der Waals surface area contributed by atoms with Crippen LogP contribution in [0.25, 0.3) is 0 Å². The van der Waals surface area contributed by atoms with Gasteiger partial charge in [-0.1, -0.05) is 199 Å². The van der Waals surface area contributed by atoms with Crippen LogP contribution < -0.4 is 5.32 Å². The SMILES string of the molecule is CCCCC/C=C\CCCCCCCC(=O)NCCOP(=O)(O)OCC(O)COC(=O)CCCCCCCCCCCCCCCCCCCCCCCCC. The third-order valence-corrected chi connectivity index (χ3v) is 11.4. The Labute approximate surface area is 345 Å². The fourth-order valence-corrected chi connectivity index (χ4v) is 7.60. The third kappa shape index (κ3) is 43.9. The van der Waals surface area contributed by atoms with Gasteiger partial charge in [0.25, 0.3) is 0 Å². The van der Waals surface area contributed by atoms with Crippen LogP contribution in [0.4, 0.5) is 0 Å². The number of aliphatic hydroxyl groups is 1. The van der Waals surface area contributed by atoms with Gasteiger partial charge in [-0.05, 0) is 38.5 Å². The Bertz CT molecular complexity index is 933. The number of aliphatic hydroxyl groups excluding tert-OH is 1. The average Bonchev–Trinajstić information content (AvgIpc) is 3.18. The van der Waals surface area contributed by atoms with Gasteiger partial charge < -0.3 is 20.1 Å². The predicted octanol–water partition coefficient (Wildman–Crippen LogP) is 13.4. The summed E-state index contributed by atoms with van der Waals surface area (Å²) in [6, 6.07) is 0. The van der Waals surface area contributed by atoms with E-state index in [1.54, 1.807) is 0 Å². The number of allylic oxidation sites excluding steroid dienone is 2. The van der Waals surface area contributed by atoms with Crippen molar-refractivity contribution < 1.29 is 37.9 Å². The van der Waals surface area contributed by atoms with E-state index in [-0.39, 0.29) is 32.1 Å². The lowest BCUT2D eigenvalue weighted by atomic mass is 10.0. The molecule has 332 valence electrons. The van der Waals surface area contributed by atoms with Crippen LogP contribution in [0.15, 0.2) is 12.2 Å². The molecule has 0 aromatic rings. The Balaban J connectivity index is 3.51. The van der Waals surface area contributed by atoms with Gasteiger partial charge in [0.15, 0.2) is 0 Å². The molecular formula is C46H90NO8P. The topological polar surface area (TPSA) is 131 Å². The van der Waals surface area contributed by atoms with Crippen molar-refractivity contribution in [3.63, 3.8) is 0 Å². The second-order valence-electron chi connectivity index (χ2n) is 16.1. The van der Waals surface area contributed by atoms with Gasteiger partial charge in [-0.3, -0.25) is 18.6 Å². The summed E-state index contributed by atoms with van der Waals surface area (Å²) < 4.78 is 26.9. The molecule has 0 saturated heterocycles. The first-order chi connectivity index (χ1) is 27.3. The Morgan fingerprint density at radius 3 is 1.38 bits per heavy atom. The summed E-state index contributed by atoms with van der Waals surface area (Å²) in [5.41, 5.74) is 0. The van der Waals surface area contributed by atoms with Crippen molar-refractivity contribution >= 4 is 19.7 Å². The van der Waals surface area contributed by atoms with Gasteiger partial charge in [-0.25, -0.2) is 4.57 Å². The molecule has 3 N–H and O–H groups in total. The van der Waals surface area contributed by atoms with E-state index >= 15 is 0 Å². The number of carbonyl (C=O) groups is 2. The lowest BCUT2D eigenvalue weighted by Crippen LogP contribution is -2.27. The fraction of sp³-hybridized carbons (Fsp3) is 0.913. The Hall–Kier alpha value is -1.25.